The smallest absolute Gasteiger partial charge is 0.214 e. The van der Waals surface area contributed by atoms with Crippen molar-refractivity contribution >= 4 is 5.78 Å². The van der Waals surface area contributed by atoms with Gasteiger partial charge in [-0.15, -0.1) is 0 Å². The Morgan fingerprint density at radius 1 is 1.64 bits per heavy atom. The lowest BCUT2D eigenvalue weighted by Crippen LogP contribution is -2.35. The maximum Gasteiger partial charge on any atom is 0.214 e. The first-order valence-electron chi connectivity index (χ1n) is 4.66. The second kappa shape index (κ2) is 3.92. The highest BCUT2D eigenvalue weighted by atomic mass is 16.5. The van der Waals surface area contributed by atoms with Crippen LogP contribution in [0.5, 0.6) is 0 Å². The first-order chi connectivity index (χ1) is 6.47. The standard InChI is InChI=1S/C10H16N2O2/c1-5-14-10(2,3)9(13)8-6-7-12(4)11-8/h6-7H,5H2,1-4H3. The van der Waals surface area contributed by atoms with E-state index in [1.807, 2.05) is 6.92 Å². The van der Waals surface area contributed by atoms with Crippen LogP contribution in [-0.2, 0) is 11.8 Å². The molecular formula is C10H16N2O2. The quantitative estimate of drug-likeness (QED) is 0.684. The Morgan fingerprint density at radius 3 is 2.71 bits per heavy atom. The van der Waals surface area contributed by atoms with Gasteiger partial charge in [0.25, 0.3) is 0 Å². The number of carbonyl (C=O) groups excluding carboxylic acids is 1. The third kappa shape index (κ3) is 2.20. The molecule has 1 aromatic heterocycles. The van der Waals surface area contributed by atoms with E-state index in [4.69, 9.17) is 4.74 Å². The number of hydrogen-bond donors (Lipinski definition) is 0. The van der Waals surface area contributed by atoms with Crippen LogP contribution in [0, 0.1) is 0 Å². The number of ether oxygens (including phenoxy) is 1. The molecule has 4 heteroatoms. The Bertz CT molecular complexity index is 329. The molecule has 0 atom stereocenters. The van der Waals surface area contributed by atoms with E-state index in [2.05, 4.69) is 5.10 Å². The highest BCUT2D eigenvalue weighted by Gasteiger charge is 2.30. The topological polar surface area (TPSA) is 44.1 Å². The monoisotopic (exact) mass is 196 g/mol. The Morgan fingerprint density at radius 2 is 2.29 bits per heavy atom. The number of hydrogen-bond acceptors (Lipinski definition) is 3. The SMILES string of the molecule is CCOC(C)(C)C(=O)c1ccn(C)n1. The molecule has 1 aromatic rings. The van der Waals surface area contributed by atoms with E-state index >= 15 is 0 Å². The van der Waals surface area contributed by atoms with Gasteiger partial charge in [0.15, 0.2) is 0 Å². The summed E-state index contributed by atoms with van der Waals surface area (Å²) in [5.41, 5.74) is -0.339. The highest BCUT2D eigenvalue weighted by Crippen LogP contribution is 2.15. The molecule has 1 rings (SSSR count). The third-order valence-electron chi connectivity index (χ3n) is 2.00. The second-order valence-corrected chi connectivity index (χ2v) is 3.65. The van der Waals surface area contributed by atoms with Crippen molar-refractivity contribution in [3.63, 3.8) is 0 Å². The predicted octanol–water partition coefficient (Wildman–Crippen LogP) is 1.42. The molecule has 0 fully saturated rings. The molecule has 1 heterocycles. The first-order valence-corrected chi connectivity index (χ1v) is 4.66. The summed E-state index contributed by atoms with van der Waals surface area (Å²) in [6, 6.07) is 1.70. The Hall–Kier alpha value is -1.16. The number of Topliss-reactive ketones (excluding diaryl/α,β-unsaturated/α-hetero) is 1. The summed E-state index contributed by atoms with van der Waals surface area (Å²) in [5.74, 6) is -0.0834. The molecule has 0 aromatic carbocycles. The van der Waals surface area contributed by atoms with Gasteiger partial charge in [0.05, 0.1) is 0 Å². The minimum Gasteiger partial charge on any atom is -0.368 e. The summed E-state index contributed by atoms with van der Waals surface area (Å²) in [4.78, 5) is 11.9. The zero-order valence-corrected chi connectivity index (χ0v) is 9.07. The van der Waals surface area contributed by atoms with Crippen molar-refractivity contribution in [2.75, 3.05) is 6.61 Å². The van der Waals surface area contributed by atoms with Gasteiger partial charge in [-0.25, -0.2) is 0 Å². The van der Waals surface area contributed by atoms with Gasteiger partial charge < -0.3 is 4.74 Å². The summed E-state index contributed by atoms with van der Waals surface area (Å²) in [6.45, 7) is 5.90. The molecule has 0 N–H and O–H groups in total. The molecule has 0 aliphatic heterocycles. The molecule has 0 radical (unpaired) electrons. The zero-order valence-electron chi connectivity index (χ0n) is 9.07. The molecule has 0 unspecified atom stereocenters. The molecule has 0 spiro atoms. The summed E-state index contributed by atoms with van der Waals surface area (Å²) in [7, 11) is 1.78. The molecule has 0 saturated carbocycles. The fourth-order valence-electron chi connectivity index (χ4n) is 1.27. The van der Waals surface area contributed by atoms with Gasteiger partial charge >= 0.3 is 0 Å². The van der Waals surface area contributed by atoms with Gasteiger partial charge in [-0.1, -0.05) is 0 Å². The van der Waals surface area contributed by atoms with Crippen LogP contribution in [0.2, 0.25) is 0 Å². The van der Waals surface area contributed by atoms with Gasteiger partial charge in [0.2, 0.25) is 5.78 Å². The molecule has 0 aliphatic rings. The number of carbonyl (C=O) groups is 1. The first kappa shape index (κ1) is 10.9. The average Bonchev–Trinajstić information content (AvgIpc) is 2.50. The molecule has 14 heavy (non-hydrogen) atoms. The third-order valence-corrected chi connectivity index (χ3v) is 2.00. The average molecular weight is 196 g/mol. The molecule has 0 bridgehead atoms. The maximum absolute atomic E-state index is 11.9. The molecule has 0 amide bonds. The van der Waals surface area contributed by atoms with Crippen LogP contribution in [0.15, 0.2) is 12.3 Å². The van der Waals surface area contributed by atoms with Crippen LogP contribution in [0.1, 0.15) is 31.3 Å². The van der Waals surface area contributed by atoms with Crippen molar-refractivity contribution in [2.45, 2.75) is 26.4 Å². The Labute approximate surface area is 83.9 Å². The Kier molecular flexibility index (Phi) is 3.06. The van der Waals surface area contributed by atoms with Crippen molar-refractivity contribution in [2.24, 2.45) is 7.05 Å². The predicted molar refractivity (Wildman–Crippen MR) is 53.2 cm³/mol. The van der Waals surface area contributed by atoms with Crippen LogP contribution in [0.4, 0.5) is 0 Å². The summed E-state index contributed by atoms with van der Waals surface area (Å²) < 4.78 is 6.96. The number of aryl methyl sites for hydroxylation is 1. The van der Waals surface area contributed by atoms with Crippen LogP contribution in [-0.4, -0.2) is 27.8 Å². The second-order valence-electron chi connectivity index (χ2n) is 3.65. The molecule has 0 saturated heterocycles. The lowest BCUT2D eigenvalue weighted by Gasteiger charge is -2.21. The minimum absolute atomic E-state index is 0.0834. The largest absolute Gasteiger partial charge is 0.368 e. The molecule has 0 aliphatic carbocycles. The van der Waals surface area contributed by atoms with Gasteiger partial charge in [-0.05, 0) is 26.8 Å². The summed E-state index contributed by atoms with van der Waals surface area (Å²) >= 11 is 0. The van der Waals surface area contributed by atoms with E-state index in [0.29, 0.717) is 12.3 Å². The van der Waals surface area contributed by atoms with E-state index in [1.165, 1.54) is 0 Å². The summed E-state index contributed by atoms with van der Waals surface area (Å²) in [6.07, 6.45) is 1.75. The fraction of sp³-hybridized carbons (Fsp3) is 0.600. The van der Waals surface area contributed by atoms with Crippen molar-refractivity contribution in [1.82, 2.24) is 9.78 Å². The number of ketones is 1. The summed E-state index contributed by atoms with van der Waals surface area (Å²) in [5, 5.41) is 4.05. The van der Waals surface area contributed by atoms with Crippen LogP contribution in [0.25, 0.3) is 0 Å². The molecule has 4 nitrogen and oxygen atoms in total. The van der Waals surface area contributed by atoms with E-state index in [9.17, 15) is 4.79 Å². The number of aromatic nitrogens is 2. The van der Waals surface area contributed by atoms with Crippen molar-refractivity contribution < 1.29 is 9.53 Å². The van der Waals surface area contributed by atoms with Crippen molar-refractivity contribution in [3.05, 3.63) is 18.0 Å². The molecular weight excluding hydrogens is 180 g/mol. The lowest BCUT2D eigenvalue weighted by atomic mass is 10.0. The van der Waals surface area contributed by atoms with E-state index < -0.39 is 5.60 Å². The van der Waals surface area contributed by atoms with E-state index in [0.717, 1.165) is 0 Å². The van der Waals surface area contributed by atoms with E-state index in [1.54, 1.807) is 37.8 Å². The zero-order chi connectivity index (χ0) is 10.8. The van der Waals surface area contributed by atoms with Gasteiger partial charge in [-0.2, -0.15) is 5.10 Å². The van der Waals surface area contributed by atoms with Crippen molar-refractivity contribution in [1.29, 1.82) is 0 Å². The van der Waals surface area contributed by atoms with Gasteiger partial charge in [-0.3, -0.25) is 9.48 Å². The van der Waals surface area contributed by atoms with Gasteiger partial charge in [0.1, 0.15) is 11.3 Å². The normalized spacial score (nSPS) is 11.7. The fourth-order valence-corrected chi connectivity index (χ4v) is 1.27. The molecule has 78 valence electrons. The highest BCUT2D eigenvalue weighted by molar-refractivity contribution is 6.00. The Balaban J connectivity index is 2.84. The number of nitrogens with zero attached hydrogens (tertiary/aromatic N) is 2. The van der Waals surface area contributed by atoms with Gasteiger partial charge in [0, 0.05) is 19.9 Å². The van der Waals surface area contributed by atoms with E-state index in [-0.39, 0.29) is 5.78 Å². The maximum atomic E-state index is 11.9. The minimum atomic E-state index is -0.789. The van der Waals surface area contributed by atoms with Crippen LogP contribution >= 0.6 is 0 Å². The van der Waals surface area contributed by atoms with Crippen LogP contribution < -0.4 is 0 Å². The number of rotatable bonds is 4. The van der Waals surface area contributed by atoms with Crippen molar-refractivity contribution in [3.8, 4) is 0 Å². The lowest BCUT2D eigenvalue weighted by molar-refractivity contribution is 0.000831. The van der Waals surface area contributed by atoms with Crippen LogP contribution in [0.3, 0.4) is 0 Å².